The van der Waals surface area contributed by atoms with Crippen LogP contribution in [0.4, 0.5) is 4.39 Å². The molecule has 0 radical (unpaired) electrons. The number of carbonyl (C=O) groups excluding carboxylic acids is 1. The van der Waals surface area contributed by atoms with E-state index >= 15 is 0 Å². The van der Waals surface area contributed by atoms with E-state index in [9.17, 15) is 9.18 Å². The van der Waals surface area contributed by atoms with Gasteiger partial charge in [0.05, 0.1) is 0 Å². The van der Waals surface area contributed by atoms with E-state index in [1.54, 1.807) is 18.2 Å². The summed E-state index contributed by atoms with van der Waals surface area (Å²) in [6.07, 6.45) is 0.812. The Labute approximate surface area is 94.4 Å². The predicted molar refractivity (Wildman–Crippen MR) is 59.2 cm³/mol. The highest BCUT2D eigenvalue weighted by Crippen LogP contribution is 2.23. The van der Waals surface area contributed by atoms with Crippen molar-refractivity contribution in [2.45, 2.75) is 25.7 Å². The molecule has 0 aliphatic carbocycles. The lowest BCUT2D eigenvalue weighted by atomic mass is 9.96. The number of ether oxygens (including phenoxy) is 1. The van der Waals surface area contributed by atoms with Gasteiger partial charge in [-0.15, -0.1) is 0 Å². The smallest absolute Gasteiger partial charge is 0.307 e. The van der Waals surface area contributed by atoms with Gasteiger partial charge in [-0.3, -0.25) is 10.5 Å². The molecule has 0 saturated carbocycles. The molecule has 1 aromatic carbocycles. The highest BCUT2D eigenvalue weighted by molar-refractivity contribution is 5.69. The summed E-state index contributed by atoms with van der Waals surface area (Å²) >= 11 is 0. The quantitative estimate of drug-likeness (QED) is 0.617. The topological polar surface area (TPSA) is 52.3 Å². The minimum Gasteiger partial charge on any atom is -0.450 e. The predicted octanol–water partition coefficient (Wildman–Crippen LogP) is 2.17. The summed E-state index contributed by atoms with van der Waals surface area (Å²) in [5.74, 6) is -0.584. The second kappa shape index (κ2) is 6.23. The summed E-state index contributed by atoms with van der Waals surface area (Å²) < 4.78 is 18.0. The van der Waals surface area contributed by atoms with Gasteiger partial charge in [0.25, 0.3) is 0 Å². The Kier molecular flexibility index (Phi) is 4.92. The van der Waals surface area contributed by atoms with Crippen molar-refractivity contribution in [2.24, 2.45) is 5.73 Å². The monoisotopic (exact) mass is 225 g/mol. The van der Waals surface area contributed by atoms with Crippen LogP contribution in [0.25, 0.3) is 0 Å². The molecule has 0 aromatic heterocycles. The van der Waals surface area contributed by atoms with Gasteiger partial charge < -0.3 is 4.74 Å². The Hall–Kier alpha value is -1.42. The summed E-state index contributed by atoms with van der Waals surface area (Å²) in [6, 6.07) is 6.58. The number of nitrogens with two attached hydrogens (primary N) is 1. The third-order valence-electron chi connectivity index (χ3n) is 2.46. The van der Waals surface area contributed by atoms with Crippen molar-refractivity contribution < 1.29 is 13.9 Å². The normalized spacial score (nSPS) is 12.2. The second-order valence-electron chi connectivity index (χ2n) is 3.64. The van der Waals surface area contributed by atoms with E-state index in [0.29, 0.717) is 12.0 Å². The van der Waals surface area contributed by atoms with Crippen LogP contribution in [0.15, 0.2) is 24.3 Å². The summed E-state index contributed by atoms with van der Waals surface area (Å²) in [7, 11) is 0. The largest absolute Gasteiger partial charge is 0.450 e. The lowest BCUT2D eigenvalue weighted by molar-refractivity contribution is -0.143. The molecule has 0 saturated heterocycles. The first kappa shape index (κ1) is 12.6. The van der Waals surface area contributed by atoms with Crippen molar-refractivity contribution in [3.8, 4) is 0 Å². The van der Waals surface area contributed by atoms with Crippen molar-refractivity contribution in [1.82, 2.24) is 0 Å². The van der Waals surface area contributed by atoms with Crippen LogP contribution < -0.4 is 5.73 Å². The third kappa shape index (κ3) is 3.62. The van der Waals surface area contributed by atoms with Crippen molar-refractivity contribution in [3.63, 3.8) is 0 Å². The first-order valence-corrected chi connectivity index (χ1v) is 5.25. The number of hydrogen-bond donors (Lipinski definition) is 1. The van der Waals surface area contributed by atoms with Crippen LogP contribution in [0.1, 0.15) is 31.2 Å². The maximum absolute atomic E-state index is 13.4. The van der Waals surface area contributed by atoms with E-state index in [-0.39, 0.29) is 30.9 Å². The van der Waals surface area contributed by atoms with E-state index in [4.69, 9.17) is 5.73 Å². The van der Waals surface area contributed by atoms with Gasteiger partial charge in [-0.2, -0.15) is 0 Å². The van der Waals surface area contributed by atoms with Gasteiger partial charge in [0, 0.05) is 6.42 Å². The van der Waals surface area contributed by atoms with E-state index < -0.39 is 0 Å². The zero-order valence-electron chi connectivity index (χ0n) is 9.28. The lowest BCUT2D eigenvalue weighted by Crippen LogP contribution is -2.12. The van der Waals surface area contributed by atoms with Crippen LogP contribution in [0.5, 0.6) is 0 Å². The van der Waals surface area contributed by atoms with Crippen molar-refractivity contribution in [1.29, 1.82) is 0 Å². The molecular weight excluding hydrogens is 209 g/mol. The number of benzene rings is 1. The van der Waals surface area contributed by atoms with E-state index in [1.165, 1.54) is 6.07 Å². The van der Waals surface area contributed by atoms with Gasteiger partial charge in [0.15, 0.2) is 0 Å². The highest BCUT2D eigenvalue weighted by Gasteiger charge is 2.12. The molecule has 1 rings (SSSR count). The molecule has 0 spiro atoms. The summed E-state index contributed by atoms with van der Waals surface area (Å²) in [5.41, 5.74) is 5.70. The first-order valence-electron chi connectivity index (χ1n) is 5.25. The van der Waals surface area contributed by atoms with Gasteiger partial charge in [-0.1, -0.05) is 25.1 Å². The fraction of sp³-hybridized carbons (Fsp3) is 0.417. The third-order valence-corrected chi connectivity index (χ3v) is 2.46. The molecule has 1 unspecified atom stereocenters. The Morgan fingerprint density at radius 2 is 2.19 bits per heavy atom. The van der Waals surface area contributed by atoms with Crippen LogP contribution in [0.2, 0.25) is 0 Å². The van der Waals surface area contributed by atoms with Gasteiger partial charge in [-0.05, 0) is 24.0 Å². The maximum atomic E-state index is 13.4. The SMILES string of the molecule is CC(CCC(=O)OCN)c1ccccc1F. The molecule has 0 bridgehead atoms. The molecule has 0 amide bonds. The number of rotatable bonds is 5. The zero-order chi connectivity index (χ0) is 12.0. The van der Waals surface area contributed by atoms with Gasteiger partial charge in [-0.25, -0.2) is 4.39 Å². The first-order chi connectivity index (χ1) is 7.65. The van der Waals surface area contributed by atoms with Crippen molar-refractivity contribution >= 4 is 5.97 Å². The van der Waals surface area contributed by atoms with Crippen molar-refractivity contribution in [3.05, 3.63) is 35.6 Å². The summed E-state index contributed by atoms with van der Waals surface area (Å²) in [6.45, 7) is 1.78. The van der Waals surface area contributed by atoms with Crippen LogP contribution in [0, 0.1) is 5.82 Å². The molecule has 2 N–H and O–H groups in total. The highest BCUT2D eigenvalue weighted by atomic mass is 19.1. The minimum absolute atomic E-state index is 0.00785. The zero-order valence-corrected chi connectivity index (χ0v) is 9.28. The Morgan fingerprint density at radius 1 is 1.50 bits per heavy atom. The molecule has 0 aliphatic heterocycles. The standard InChI is InChI=1S/C12H16FNO2/c1-9(6-7-12(15)16-8-14)10-4-2-3-5-11(10)13/h2-5,9H,6-8,14H2,1H3. The van der Waals surface area contributed by atoms with E-state index in [0.717, 1.165) is 0 Å². The minimum atomic E-state index is -0.342. The molecule has 88 valence electrons. The Bertz CT molecular complexity index is 355. The van der Waals surface area contributed by atoms with Gasteiger partial charge in [0.1, 0.15) is 12.5 Å². The van der Waals surface area contributed by atoms with Crippen LogP contribution in [0.3, 0.4) is 0 Å². The molecule has 0 fully saturated rings. The van der Waals surface area contributed by atoms with Gasteiger partial charge in [0.2, 0.25) is 0 Å². The van der Waals surface area contributed by atoms with Crippen LogP contribution >= 0.6 is 0 Å². The van der Waals surface area contributed by atoms with E-state index in [2.05, 4.69) is 4.74 Å². The molecule has 0 heterocycles. The number of esters is 1. The maximum Gasteiger partial charge on any atom is 0.307 e. The Morgan fingerprint density at radius 3 is 2.81 bits per heavy atom. The molecular formula is C12H16FNO2. The molecule has 1 aromatic rings. The number of halogens is 1. The van der Waals surface area contributed by atoms with Gasteiger partial charge >= 0.3 is 5.97 Å². The van der Waals surface area contributed by atoms with Crippen LogP contribution in [-0.2, 0) is 9.53 Å². The summed E-state index contributed by atoms with van der Waals surface area (Å²) in [5, 5.41) is 0. The molecule has 3 nitrogen and oxygen atoms in total. The Balaban J connectivity index is 2.50. The van der Waals surface area contributed by atoms with Crippen LogP contribution in [-0.4, -0.2) is 12.7 Å². The average molecular weight is 225 g/mol. The molecule has 4 heteroatoms. The summed E-state index contributed by atoms with van der Waals surface area (Å²) in [4.78, 5) is 11.1. The fourth-order valence-electron chi connectivity index (χ4n) is 1.53. The van der Waals surface area contributed by atoms with E-state index in [1.807, 2.05) is 6.92 Å². The molecule has 1 atom stereocenters. The lowest BCUT2D eigenvalue weighted by Gasteiger charge is -2.11. The molecule has 0 aliphatic rings. The number of hydrogen-bond acceptors (Lipinski definition) is 3. The fourth-order valence-corrected chi connectivity index (χ4v) is 1.53. The van der Waals surface area contributed by atoms with Crippen molar-refractivity contribution in [2.75, 3.05) is 6.73 Å². The average Bonchev–Trinajstić information content (AvgIpc) is 2.27. The second-order valence-corrected chi connectivity index (χ2v) is 3.64. The number of carbonyl (C=O) groups is 1. The molecule has 16 heavy (non-hydrogen) atoms.